The van der Waals surface area contributed by atoms with Gasteiger partial charge in [-0.05, 0) is 10.1 Å². The molecule has 2 saturated carbocycles. The second-order valence-electron chi connectivity index (χ2n) is 7.87. The van der Waals surface area contributed by atoms with E-state index in [2.05, 4.69) is 26.9 Å². The Bertz CT molecular complexity index is 229. The molecule has 0 aromatic rings. The van der Waals surface area contributed by atoms with Crippen LogP contribution in [0.3, 0.4) is 0 Å². The molecule has 0 amide bonds. The van der Waals surface area contributed by atoms with Crippen molar-refractivity contribution >= 4 is 8.07 Å². The summed E-state index contributed by atoms with van der Waals surface area (Å²) in [4.78, 5) is 0. The summed E-state index contributed by atoms with van der Waals surface area (Å²) in [6.45, 7) is 10.8. The Labute approximate surface area is 110 Å². The fourth-order valence-electron chi connectivity index (χ4n) is 4.64. The van der Waals surface area contributed by atoms with Crippen LogP contribution in [-0.4, -0.2) is 8.07 Å². The number of hydrogen-bond donors (Lipinski definition) is 0. The Balaban J connectivity index is 2.20. The van der Waals surface area contributed by atoms with Gasteiger partial charge in [0, 0.05) is 0 Å². The lowest BCUT2D eigenvalue weighted by Gasteiger charge is -2.56. The lowest BCUT2D eigenvalue weighted by Crippen LogP contribution is -2.52. The van der Waals surface area contributed by atoms with Crippen LogP contribution < -0.4 is 0 Å². The molecule has 0 atom stereocenters. The van der Waals surface area contributed by atoms with Crippen molar-refractivity contribution in [2.24, 2.45) is 0 Å². The normalized spacial score (nSPS) is 28.9. The first-order valence-electron chi connectivity index (χ1n) is 7.91. The van der Waals surface area contributed by atoms with Crippen molar-refractivity contribution in [3.8, 4) is 0 Å². The third kappa shape index (κ3) is 2.24. The maximum Gasteiger partial charge on any atom is 0.0592 e. The molecular formula is C16H32Si. The molecule has 2 fully saturated rings. The molecular weight excluding hydrogens is 220 g/mol. The largest absolute Gasteiger partial charge is 0.0686 e. The molecule has 0 nitrogen and oxygen atoms in total. The van der Waals surface area contributed by atoms with E-state index >= 15 is 0 Å². The summed E-state index contributed by atoms with van der Waals surface area (Å²) in [5, 5.41) is 1.47. The molecule has 0 unspecified atom stereocenters. The second-order valence-corrected chi connectivity index (χ2v) is 13.5. The van der Waals surface area contributed by atoms with Gasteiger partial charge in [-0.2, -0.15) is 0 Å². The maximum atomic E-state index is 2.73. The van der Waals surface area contributed by atoms with Crippen molar-refractivity contribution in [2.45, 2.75) is 101 Å². The average Bonchev–Trinajstić information content (AvgIpc) is 2.30. The molecule has 0 bridgehead atoms. The van der Waals surface area contributed by atoms with Crippen LogP contribution in [0.2, 0.25) is 23.2 Å². The van der Waals surface area contributed by atoms with Gasteiger partial charge in [-0.3, -0.25) is 0 Å². The molecule has 2 aliphatic carbocycles. The molecule has 0 aromatic heterocycles. The van der Waals surface area contributed by atoms with E-state index in [0.717, 1.165) is 10.1 Å². The molecule has 0 aromatic carbocycles. The number of hydrogen-bond acceptors (Lipinski definition) is 0. The SMILES string of the molecule is CC1([Si](C)(C)C2(C)CCCCC2)CCCCC1. The van der Waals surface area contributed by atoms with Gasteiger partial charge in [0.2, 0.25) is 0 Å². The molecule has 0 N–H and O–H groups in total. The van der Waals surface area contributed by atoms with Gasteiger partial charge in [-0.15, -0.1) is 0 Å². The van der Waals surface area contributed by atoms with Crippen LogP contribution in [-0.2, 0) is 0 Å². The Kier molecular flexibility index (Phi) is 3.79. The Hall–Kier alpha value is 0.217. The fourth-order valence-corrected chi connectivity index (χ4v) is 9.31. The van der Waals surface area contributed by atoms with Crippen molar-refractivity contribution < 1.29 is 0 Å². The summed E-state index contributed by atoms with van der Waals surface area (Å²) in [5.41, 5.74) is 0. The van der Waals surface area contributed by atoms with Crippen molar-refractivity contribution in [3.63, 3.8) is 0 Å². The summed E-state index contributed by atoms with van der Waals surface area (Å²) in [6, 6.07) is 0. The van der Waals surface area contributed by atoms with Gasteiger partial charge in [0.15, 0.2) is 0 Å². The van der Waals surface area contributed by atoms with E-state index in [1.165, 1.54) is 64.2 Å². The molecule has 0 spiro atoms. The average molecular weight is 253 g/mol. The smallest absolute Gasteiger partial charge is 0.0592 e. The molecule has 17 heavy (non-hydrogen) atoms. The molecule has 1 heteroatoms. The van der Waals surface area contributed by atoms with Gasteiger partial charge in [-0.25, -0.2) is 0 Å². The molecule has 0 aliphatic heterocycles. The van der Waals surface area contributed by atoms with Crippen LogP contribution in [0, 0.1) is 0 Å². The highest BCUT2D eigenvalue weighted by atomic mass is 28.3. The zero-order chi connectivity index (χ0) is 12.6. The summed E-state index contributed by atoms with van der Waals surface area (Å²) < 4.78 is 0. The summed E-state index contributed by atoms with van der Waals surface area (Å²) >= 11 is 0. The van der Waals surface area contributed by atoms with Crippen LogP contribution in [0.4, 0.5) is 0 Å². The Morgan fingerprint density at radius 1 is 0.588 bits per heavy atom. The highest BCUT2D eigenvalue weighted by molar-refractivity contribution is 6.83. The van der Waals surface area contributed by atoms with Crippen molar-refractivity contribution in [1.82, 2.24) is 0 Å². The van der Waals surface area contributed by atoms with Crippen LogP contribution in [0.1, 0.15) is 78.1 Å². The standard InChI is InChI=1S/C16H32Si/c1-15(11-7-5-8-12-15)17(3,4)16(2)13-9-6-10-14-16/h5-14H2,1-4H3. The van der Waals surface area contributed by atoms with Crippen LogP contribution in [0.15, 0.2) is 0 Å². The van der Waals surface area contributed by atoms with Crippen LogP contribution in [0.25, 0.3) is 0 Å². The van der Waals surface area contributed by atoms with Crippen molar-refractivity contribution in [1.29, 1.82) is 0 Å². The van der Waals surface area contributed by atoms with Gasteiger partial charge in [0.1, 0.15) is 0 Å². The van der Waals surface area contributed by atoms with Crippen LogP contribution in [0.5, 0.6) is 0 Å². The van der Waals surface area contributed by atoms with Gasteiger partial charge in [0.25, 0.3) is 0 Å². The van der Waals surface area contributed by atoms with E-state index < -0.39 is 8.07 Å². The van der Waals surface area contributed by atoms with E-state index in [1.54, 1.807) is 0 Å². The summed E-state index contributed by atoms with van der Waals surface area (Å²) in [5.74, 6) is 0. The van der Waals surface area contributed by atoms with Crippen molar-refractivity contribution in [2.75, 3.05) is 0 Å². The molecule has 0 heterocycles. The van der Waals surface area contributed by atoms with Crippen LogP contribution >= 0.6 is 0 Å². The van der Waals surface area contributed by atoms with Crippen molar-refractivity contribution in [3.05, 3.63) is 0 Å². The first-order valence-corrected chi connectivity index (χ1v) is 10.9. The minimum atomic E-state index is -1.15. The third-order valence-corrected chi connectivity index (χ3v) is 14.0. The third-order valence-electron chi connectivity index (χ3n) is 6.93. The Morgan fingerprint density at radius 2 is 0.882 bits per heavy atom. The van der Waals surface area contributed by atoms with Gasteiger partial charge in [-0.1, -0.05) is 91.1 Å². The van der Waals surface area contributed by atoms with E-state index in [4.69, 9.17) is 0 Å². The minimum absolute atomic E-state index is 0.733. The molecule has 100 valence electrons. The minimum Gasteiger partial charge on any atom is -0.0686 e. The first-order chi connectivity index (χ1) is 7.91. The van der Waals surface area contributed by atoms with Gasteiger partial charge >= 0.3 is 0 Å². The molecule has 2 rings (SSSR count). The summed E-state index contributed by atoms with van der Waals surface area (Å²) in [7, 11) is -1.15. The highest BCUT2D eigenvalue weighted by Crippen LogP contribution is 2.63. The fraction of sp³-hybridized carbons (Fsp3) is 1.00. The maximum absolute atomic E-state index is 2.73. The predicted molar refractivity (Wildman–Crippen MR) is 80.4 cm³/mol. The van der Waals surface area contributed by atoms with Gasteiger partial charge < -0.3 is 0 Å². The topological polar surface area (TPSA) is 0 Å². The first kappa shape index (κ1) is 13.6. The lowest BCUT2D eigenvalue weighted by molar-refractivity contribution is 0.335. The number of rotatable bonds is 2. The lowest BCUT2D eigenvalue weighted by atomic mass is 9.88. The van der Waals surface area contributed by atoms with Gasteiger partial charge in [0.05, 0.1) is 8.07 Å². The monoisotopic (exact) mass is 252 g/mol. The van der Waals surface area contributed by atoms with E-state index in [1.807, 2.05) is 0 Å². The molecule has 2 aliphatic rings. The summed E-state index contributed by atoms with van der Waals surface area (Å²) in [6.07, 6.45) is 15.1. The second kappa shape index (κ2) is 4.72. The molecule has 0 radical (unpaired) electrons. The van der Waals surface area contributed by atoms with E-state index in [9.17, 15) is 0 Å². The predicted octanol–water partition coefficient (Wildman–Crippen LogP) is 6.14. The quantitative estimate of drug-likeness (QED) is 0.518. The Morgan fingerprint density at radius 3 is 1.18 bits per heavy atom. The highest BCUT2D eigenvalue weighted by Gasteiger charge is 2.53. The van der Waals surface area contributed by atoms with E-state index in [-0.39, 0.29) is 0 Å². The van der Waals surface area contributed by atoms with E-state index in [0.29, 0.717) is 0 Å². The zero-order valence-corrected chi connectivity index (χ0v) is 13.6. The zero-order valence-electron chi connectivity index (χ0n) is 12.6. The molecule has 0 saturated heterocycles.